The summed E-state index contributed by atoms with van der Waals surface area (Å²) in [6.45, 7) is 0.787. The molecule has 2 saturated heterocycles. The molecule has 0 radical (unpaired) electrons. The van der Waals surface area contributed by atoms with Crippen molar-refractivity contribution in [3.8, 4) is 5.75 Å². The van der Waals surface area contributed by atoms with Crippen molar-refractivity contribution in [2.45, 2.75) is 50.4 Å². The van der Waals surface area contributed by atoms with E-state index in [0.29, 0.717) is 0 Å². The van der Waals surface area contributed by atoms with Crippen LogP contribution in [-0.2, 0) is 18.6 Å². The van der Waals surface area contributed by atoms with Crippen LogP contribution in [0.2, 0.25) is 0 Å². The standard InChI is InChI=1S/C30H32F2N5O11P.Na/c1-16(38)33-12-19-13-37(29(42)47-19)18-4-5-24(22(31)10-18)46-15-30(48-49(43,44)45)6-8-35(9-7-30)27-23(32)11-20-25(39)21(28(40)41)14-36(17-2-3-17)26(20)34-27;/h4-5,10-11,14,17,19H,2-3,6-9,12-13,15H2,1H3,(H,33,38)(H,40,41)(H2,43,44,45);/q;+1/p-1. The molecule has 2 aliphatic heterocycles. The van der Waals surface area contributed by atoms with Gasteiger partial charge in [0.25, 0.3) is 7.82 Å². The number of carboxylic acids is 1. The zero-order chi connectivity index (χ0) is 35.2. The molecule has 2 unspecified atom stereocenters. The van der Waals surface area contributed by atoms with Crippen LogP contribution in [0, 0.1) is 11.6 Å². The summed E-state index contributed by atoms with van der Waals surface area (Å²) in [5.74, 6) is -4.01. The molecular weight excluding hydrogens is 698 g/mol. The summed E-state index contributed by atoms with van der Waals surface area (Å²) >= 11 is 0. The Kier molecular flexibility index (Phi) is 10.9. The van der Waals surface area contributed by atoms with Gasteiger partial charge in [0.1, 0.15) is 29.5 Å². The quantitative estimate of drug-likeness (QED) is 0.161. The van der Waals surface area contributed by atoms with Crippen molar-refractivity contribution in [2.24, 2.45) is 0 Å². The SMILES string of the molecule is CC(=O)NCC1CN(c2ccc(OCC3(OP(=O)([O-])O)CCN(c4nc5c(cc4F)c(=O)c(C(=O)O)cn5C4CC4)CC3)c(F)c2)C(=O)O1.[Na+]. The molecule has 3 fully saturated rings. The Morgan fingerprint density at radius 3 is 2.48 bits per heavy atom. The van der Waals surface area contributed by atoms with Crippen molar-refractivity contribution in [3.63, 3.8) is 0 Å². The number of nitrogens with one attached hydrogen (secondary N) is 1. The number of pyridine rings is 2. The summed E-state index contributed by atoms with van der Waals surface area (Å²) in [6, 6.07) is 4.46. The molecule has 0 bridgehead atoms. The van der Waals surface area contributed by atoms with Gasteiger partial charge < -0.3 is 43.7 Å². The molecule has 6 rings (SSSR count). The van der Waals surface area contributed by atoms with E-state index in [0.717, 1.165) is 25.0 Å². The number of piperidine rings is 1. The smallest absolute Gasteiger partial charge is 0.756 e. The third-order valence-electron chi connectivity index (χ3n) is 8.56. The van der Waals surface area contributed by atoms with E-state index in [2.05, 4.69) is 10.3 Å². The van der Waals surface area contributed by atoms with E-state index in [9.17, 15) is 38.6 Å². The average Bonchev–Trinajstić information content (AvgIpc) is 3.80. The molecule has 16 nitrogen and oxygen atoms in total. The number of benzene rings is 1. The van der Waals surface area contributed by atoms with E-state index < -0.39 is 60.8 Å². The van der Waals surface area contributed by atoms with Gasteiger partial charge in [0, 0.05) is 38.3 Å². The van der Waals surface area contributed by atoms with Crippen LogP contribution in [-0.4, -0.2) is 82.0 Å². The third kappa shape index (κ3) is 8.12. The van der Waals surface area contributed by atoms with Gasteiger partial charge in [-0.15, -0.1) is 0 Å². The number of aromatic nitrogens is 2. The second kappa shape index (κ2) is 14.5. The van der Waals surface area contributed by atoms with Gasteiger partial charge >= 0.3 is 41.6 Å². The number of amides is 2. The number of phosphoric acid groups is 1. The van der Waals surface area contributed by atoms with Crippen molar-refractivity contribution in [1.82, 2.24) is 14.9 Å². The van der Waals surface area contributed by atoms with Crippen LogP contribution in [0.4, 0.5) is 25.1 Å². The van der Waals surface area contributed by atoms with E-state index in [1.165, 1.54) is 35.1 Å². The number of halogens is 2. The number of hydrogen-bond acceptors (Lipinski definition) is 11. The van der Waals surface area contributed by atoms with Crippen LogP contribution in [0.3, 0.4) is 0 Å². The Morgan fingerprint density at radius 2 is 1.88 bits per heavy atom. The summed E-state index contributed by atoms with van der Waals surface area (Å²) in [5.41, 5.74) is -2.81. The fourth-order valence-corrected chi connectivity index (χ4v) is 6.68. The molecule has 2 aromatic heterocycles. The fourth-order valence-electron chi connectivity index (χ4n) is 5.96. The first-order valence-electron chi connectivity index (χ1n) is 15.3. The molecule has 3 aliphatic rings. The zero-order valence-electron chi connectivity index (χ0n) is 27.0. The van der Waals surface area contributed by atoms with E-state index in [1.807, 2.05) is 0 Å². The number of hydrogen-bond donors (Lipinski definition) is 3. The maximum atomic E-state index is 15.4. The average molecular weight is 730 g/mol. The molecule has 0 spiro atoms. The molecule has 262 valence electrons. The van der Waals surface area contributed by atoms with Crippen molar-refractivity contribution < 1.29 is 86.2 Å². The van der Waals surface area contributed by atoms with E-state index in [4.69, 9.17) is 14.0 Å². The number of ether oxygens (including phenoxy) is 2. The van der Waals surface area contributed by atoms with Gasteiger partial charge in [-0.1, -0.05) is 0 Å². The molecule has 50 heavy (non-hydrogen) atoms. The van der Waals surface area contributed by atoms with Gasteiger partial charge in [-0.3, -0.25) is 19.1 Å². The molecule has 1 aromatic carbocycles. The molecule has 2 amide bonds. The summed E-state index contributed by atoms with van der Waals surface area (Å²) in [5, 5.41) is 11.8. The van der Waals surface area contributed by atoms with Gasteiger partial charge in [-0.2, -0.15) is 0 Å². The van der Waals surface area contributed by atoms with E-state index in [1.54, 1.807) is 4.57 Å². The number of anilines is 2. The summed E-state index contributed by atoms with van der Waals surface area (Å²) in [4.78, 5) is 76.5. The summed E-state index contributed by atoms with van der Waals surface area (Å²) in [6.07, 6.45) is 0.954. The molecule has 3 N–H and O–H groups in total. The first kappa shape index (κ1) is 37.6. The molecule has 1 aliphatic carbocycles. The summed E-state index contributed by atoms with van der Waals surface area (Å²) < 4.78 is 59.9. The zero-order valence-corrected chi connectivity index (χ0v) is 29.9. The first-order chi connectivity index (χ1) is 23.1. The number of rotatable bonds is 11. The van der Waals surface area contributed by atoms with Gasteiger partial charge in [-0.25, -0.2) is 23.4 Å². The maximum Gasteiger partial charge on any atom is 1.00 e. The number of carboxylic acid groups (broad SMARTS) is 1. The monoisotopic (exact) mass is 729 g/mol. The second-order valence-corrected chi connectivity index (χ2v) is 13.3. The van der Waals surface area contributed by atoms with Crippen LogP contribution in [0.25, 0.3) is 11.0 Å². The van der Waals surface area contributed by atoms with Crippen LogP contribution < -0.4 is 59.7 Å². The molecule has 3 aromatic rings. The molecular formula is C30H31F2N5NaO11P. The van der Waals surface area contributed by atoms with E-state index >= 15 is 8.78 Å². The Balaban J connectivity index is 0.00000486. The van der Waals surface area contributed by atoms with Crippen molar-refractivity contribution in [2.75, 3.05) is 42.6 Å². The van der Waals surface area contributed by atoms with Crippen molar-refractivity contribution in [1.29, 1.82) is 0 Å². The van der Waals surface area contributed by atoms with Gasteiger partial charge in [0.05, 0.1) is 24.2 Å². The van der Waals surface area contributed by atoms with Gasteiger partial charge in [-0.05, 0) is 43.9 Å². The van der Waals surface area contributed by atoms with Crippen molar-refractivity contribution >= 4 is 48.3 Å². The van der Waals surface area contributed by atoms with Crippen LogP contribution in [0.5, 0.6) is 5.75 Å². The predicted octanol–water partition coefficient (Wildman–Crippen LogP) is -0.932. The third-order valence-corrected chi connectivity index (χ3v) is 9.18. The fraction of sp³-hybridized carbons (Fsp3) is 0.433. The second-order valence-electron chi connectivity index (χ2n) is 12.2. The normalized spacial score (nSPS) is 19.8. The minimum absolute atomic E-state index is 0. The topological polar surface area (TPSA) is 213 Å². The summed E-state index contributed by atoms with van der Waals surface area (Å²) in [7, 11) is -5.35. The number of fused-ring (bicyclic) bond motifs is 1. The predicted molar refractivity (Wildman–Crippen MR) is 164 cm³/mol. The number of nitrogens with zero attached hydrogens (tertiary/aromatic N) is 4. The van der Waals surface area contributed by atoms with Gasteiger partial charge in [0.15, 0.2) is 23.2 Å². The Morgan fingerprint density at radius 1 is 1.18 bits per heavy atom. The molecule has 20 heteroatoms. The largest absolute Gasteiger partial charge is 1.00 e. The minimum atomic E-state index is -5.35. The van der Waals surface area contributed by atoms with Crippen LogP contribution in [0.1, 0.15) is 49.0 Å². The van der Waals surface area contributed by atoms with E-state index in [-0.39, 0.29) is 109 Å². The number of phosphoric ester groups is 1. The molecule has 2 atom stereocenters. The number of aromatic carboxylic acids is 1. The Labute approximate surface area is 304 Å². The number of cyclic esters (lactones) is 1. The molecule has 1 saturated carbocycles. The minimum Gasteiger partial charge on any atom is -0.756 e. The van der Waals surface area contributed by atoms with Crippen LogP contribution >= 0.6 is 7.82 Å². The Hall–Kier alpha value is -3.64. The molecule has 4 heterocycles. The number of carbonyl (C=O) groups excluding carboxylic acids is 2. The first-order valence-corrected chi connectivity index (χ1v) is 16.8. The maximum absolute atomic E-state index is 15.4. The van der Waals surface area contributed by atoms with Crippen molar-refractivity contribution in [3.05, 3.63) is 57.9 Å². The Bertz CT molecular complexity index is 1950. The van der Waals surface area contributed by atoms with Gasteiger partial charge in [0.2, 0.25) is 11.3 Å². The van der Waals surface area contributed by atoms with Crippen LogP contribution in [0.15, 0.2) is 35.3 Å². The number of carbonyl (C=O) groups is 3.